The third-order valence-electron chi connectivity index (χ3n) is 6.01. The number of aromatic nitrogens is 3. The molecule has 11 heteroatoms. The first kappa shape index (κ1) is 22.6. The molecule has 3 aromatic heterocycles. The van der Waals surface area contributed by atoms with E-state index >= 15 is 0 Å². The summed E-state index contributed by atoms with van der Waals surface area (Å²) in [4.78, 5) is 40.0. The minimum atomic E-state index is -0.553. The van der Waals surface area contributed by atoms with Crippen LogP contribution in [0.1, 0.15) is 41.7 Å². The maximum absolute atomic E-state index is 12.7. The summed E-state index contributed by atoms with van der Waals surface area (Å²) in [5.41, 5.74) is 7.97. The van der Waals surface area contributed by atoms with Crippen LogP contribution in [0.15, 0.2) is 33.1 Å². The van der Waals surface area contributed by atoms with Gasteiger partial charge in [0.15, 0.2) is 18.0 Å². The lowest BCUT2D eigenvalue weighted by Gasteiger charge is -2.29. The van der Waals surface area contributed by atoms with Gasteiger partial charge >= 0.3 is 11.9 Å². The van der Waals surface area contributed by atoms with Crippen LogP contribution < -0.4 is 10.6 Å². The van der Waals surface area contributed by atoms with E-state index in [1.165, 1.54) is 0 Å². The van der Waals surface area contributed by atoms with E-state index in [1.54, 1.807) is 13.8 Å². The molecule has 11 nitrogen and oxygen atoms in total. The third kappa shape index (κ3) is 4.36. The number of piperidine rings is 1. The van der Waals surface area contributed by atoms with Crippen molar-refractivity contribution in [1.29, 1.82) is 0 Å². The molecule has 35 heavy (non-hydrogen) atoms. The van der Waals surface area contributed by atoms with E-state index in [-0.39, 0.29) is 48.0 Å². The fourth-order valence-corrected chi connectivity index (χ4v) is 4.25. The van der Waals surface area contributed by atoms with E-state index < -0.39 is 5.97 Å². The number of carbonyl (C=O) groups excluding carboxylic acids is 2. The summed E-state index contributed by atoms with van der Waals surface area (Å²) in [6.07, 6.45) is 1.22. The van der Waals surface area contributed by atoms with E-state index in [2.05, 4.69) is 15.0 Å². The predicted molar refractivity (Wildman–Crippen MR) is 126 cm³/mol. The molecule has 4 aromatic rings. The second-order valence-corrected chi connectivity index (χ2v) is 8.29. The van der Waals surface area contributed by atoms with E-state index in [9.17, 15) is 9.59 Å². The summed E-state index contributed by atoms with van der Waals surface area (Å²) < 4.78 is 22.0. The molecule has 1 aliphatic rings. The van der Waals surface area contributed by atoms with Crippen LogP contribution in [0.2, 0.25) is 0 Å². The first-order valence-corrected chi connectivity index (χ1v) is 11.4. The van der Waals surface area contributed by atoms with Crippen molar-refractivity contribution in [2.24, 2.45) is 5.92 Å². The van der Waals surface area contributed by atoms with Crippen molar-refractivity contribution in [3.63, 3.8) is 0 Å². The van der Waals surface area contributed by atoms with Crippen molar-refractivity contribution >= 4 is 46.0 Å². The van der Waals surface area contributed by atoms with E-state index in [0.29, 0.717) is 43.1 Å². The van der Waals surface area contributed by atoms with Crippen LogP contribution in [0, 0.1) is 12.8 Å². The molecule has 4 heterocycles. The molecule has 0 unspecified atom stereocenters. The van der Waals surface area contributed by atoms with Gasteiger partial charge in [0.25, 0.3) is 6.01 Å². The number of esters is 2. The lowest BCUT2D eigenvalue weighted by Crippen LogP contribution is -2.37. The molecule has 0 saturated carbocycles. The molecule has 182 valence electrons. The van der Waals surface area contributed by atoms with Crippen LogP contribution in [-0.4, -0.2) is 46.6 Å². The zero-order valence-corrected chi connectivity index (χ0v) is 19.4. The van der Waals surface area contributed by atoms with E-state index in [4.69, 9.17) is 24.0 Å². The number of rotatable bonds is 6. The predicted octanol–water partition coefficient (Wildman–Crippen LogP) is 3.39. The average Bonchev–Trinajstić information content (AvgIpc) is 3.43. The summed E-state index contributed by atoms with van der Waals surface area (Å²) in [7, 11) is 0. The largest absolute Gasteiger partial charge is 0.462 e. The van der Waals surface area contributed by atoms with Gasteiger partial charge in [0.1, 0.15) is 22.7 Å². The highest BCUT2D eigenvalue weighted by atomic mass is 16.5. The Balaban J connectivity index is 1.21. The summed E-state index contributed by atoms with van der Waals surface area (Å²) in [5, 5.41) is 0.294. The molecular formula is C24H25N5O6. The van der Waals surface area contributed by atoms with Crippen LogP contribution in [-0.2, 0) is 20.9 Å². The highest BCUT2D eigenvalue weighted by Crippen LogP contribution is 2.30. The lowest BCUT2D eigenvalue weighted by atomic mass is 9.97. The molecule has 1 aliphatic heterocycles. The summed E-state index contributed by atoms with van der Waals surface area (Å²) in [6, 6.07) is 8.16. The fraction of sp³-hybridized carbons (Fsp3) is 0.375. The standard InChI is InChI=1S/C24H25N5O6/c1-3-32-23(31)18-13(2)34-21-19(18)20(25)27-17(28-21)12-33-22(30)14-8-10-29(11-9-14)24-26-15-6-4-5-7-16(15)35-24/h4-7,14H,3,8-12H2,1-2H3,(H2,25,27,28). The van der Waals surface area contributed by atoms with E-state index in [0.717, 1.165) is 11.1 Å². The number of benzene rings is 1. The Morgan fingerprint density at radius 3 is 2.63 bits per heavy atom. The quantitative estimate of drug-likeness (QED) is 0.406. The third-order valence-corrected chi connectivity index (χ3v) is 6.01. The number of furan rings is 1. The lowest BCUT2D eigenvalue weighted by molar-refractivity contribution is -0.150. The Bertz CT molecular complexity index is 1370. The molecule has 0 aliphatic carbocycles. The highest BCUT2D eigenvalue weighted by molar-refractivity contribution is 6.07. The zero-order chi connectivity index (χ0) is 24.5. The van der Waals surface area contributed by atoms with Gasteiger partial charge in [-0.25, -0.2) is 9.78 Å². The van der Waals surface area contributed by atoms with Gasteiger partial charge in [-0.2, -0.15) is 9.97 Å². The first-order chi connectivity index (χ1) is 16.9. The number of nitrogen functional groups attached to an aromatic ring is 1. The van der Waals surface area contributed by atoms with Gasteiger partial charge in [0.2, 0.25) is 5.71 Å². The number of nitrogens with zero attached hydrogens (tertiary/aromatic N) is 4. The molecule has 0 radical (unpaired) electrons. The van der Waals surface area contributed by atoms with Crippen molar-refractivity contribution in [3.05, 3.63) is 41.4 Å². The minimum absolute atomic E-state index is 0.0626. The highest BCUT2D eigenvalue weighted by Gasteiger charge is 2.29. The van der Waals surface area contributed by atoms with Gasteiger partial charge in [-0.3, -0.25) is 4.79 Å². The number of hydrogen-bond donors (Lipinski definition) is 1. The topological polar surface area (TPSA) is 147 Å². The number of fused-ring (bicyclic) bond motifs is 2. The van der Waals surface area contributed by atoms with Gasteiger partial charge in [-0.05, 0) is 38.8 Å². The number of para-hydroxylation sites is 2. The van der Waals surface area contributed by atoms with Crippen molar-refractivity contribution < 1.29 is 27.9 Å². The molecule has 0 amide bonds. The average molecular weight is 479 g/mol. The monoisotopic (exact) mass is 479 g/mol. The number of oxazole rings is 1. The molecule has 0 spiro atoms. The van der Waals surface area contributed by atoms with Gasteiger partial charge < -0.3 is 28.9 Å². The fourth-order valence-electron chi connectivity index (χ4n) is 4.25. The van der Waals surface area contributed by atoms with Crippen molar-refractivity contribution in [2.45, 2.75) is 33.3 Å². The molecule has 0 bridgehead atoms. The normalized spacial score (nSPS) is 14.5. The molecule has 1 aromatic carbocycles. The first-order valence-electron chi connectivity index (χ1n) is 11.4. The smallest absolute Gasteiger partial charge is 0.342 e. The molecule has 2 N–H and O–H groups in total. The summed E-state index contributed by atoms with van der Waals surface area (Å²) >= 11 is 0. The Morgan fingerprint density at radius 1 is 1.11 bits per heavy atom. The number of anilines is 2. The Morgan fingerprint density at radius 2 is 1.89 bits per heavy atom. The van der Waals surface area contributed by atoms with Crippen molar-refractivity contribution in [1.82, 2.24) is 15.0 Å². The maximum atomic E-state index is 12.7. The van der Waals surface area contributed by atoms with Crippen LogP contribution in [0.4, 0.5) is 11.8 Å². The van der Waals surface area contributed by atoms with Crippen molar-refractivity contribution in [3.8, 4) is 0 Å². The molecular weight excluding hydrogens is 454 g/mol. The molecule has 1 fully saturated rings. The SMILES string of the molecule is CCOC(=O)c1c(C)oc2nc(COC(=O)C3CCN(c4nc5ccccc5o4)CC3)nc(N)c12. The molecule has 1 saturated heterocycles. The van der Waals surface area contributed by atoms with E-state index in [1.807, 2.05) is 29.2 Å². The second-order valence-electron chi connectivity index (χ2n) is 8.29. The zero-order valence-electron chi connectivity index (χ0n) is 19.4. The summed E-state index contributed by atoms with van der Waals surface area (Å²) in [5.74, 6) is -0.545. The van der Waals surface area contributed by atoms with Crippen LogP contribution in [0.5, 0.6) is 0 Å². The van der Waals surface area contributed by atoms with Gasteiger partial charge in [0, 0.05) is 13.1 Å². The Labute approximate surface area is 200 Å². The summed E-state index contributed by atoms with van der Waals surface area (Å²) in [6.45, 7) is 4.66. The second kappa shape index (κ2) is 9.24. The molecule has 0 atom stereocenters. The number of aryl methyl sites for hydroxylation is 1. The minimum Gasteiger partial charge on any atom is -0.462 e. The maximum Gasteiger partial charge on any atom is 0.342 e. The number of ether oxygens (including phenoxy) is 2. The number of nitrogens with two attached hydrogens (primary N) is 1. The molecule has 5 rings (SSSR count). The van der Waals surface area contributed by atoms with Crippen LogP contribution in [0.25, 0.3) is 22.2 Å². The Hall–Kier alpha value is -4.15. The van der Waals surface area contributed by atoms with Crippen LogP contribution in [0.3, 0.4) is 0 Å². The van der Waals surface area contributed by atoms with Crippen molar-refractivity contribution in [2.75, 3.05) is 30.3 Å². The van der Waals surface area contributed by atoms with Gasteiger partial charge in [0.05, 0.1) is 17.9 Å². The van der Waals surface area contributed by atoms with Crippen LogP contribution >= 0.6 is 0 Å². The Kier molecular flexibility index (Phi) is 5.98. The number of hydrogen-bond acceptors (Lipinski definition) is 11. The van der Waals surface area contributed by atoms with Gasteiger partial charge in [-0.1, -0.05) is 12.1 Å². The van der Waals surface area contributed by atoms with Gasteiger partial charge in [-0.15, -0.1) is 0 Å². The number of carbonyl (C=O) groups is 2.